The fraction of sp³-hybridized carbons (Fsp3) is 0.536. The highest BCUT2D eigenvalue weighted by atomic mass is 16.5. The van der Waals surface area contributed by atoms with Crippen LogP contribution >= 0.6 is 0 Å². The second-order valence-electron chi connectivity index (χ2n) is 10.7. The Morgan fingerprint density at radius 3 is 2.14 bits per heavy atom. The van der Waals surface area contributed by atoms with Crippen LogP contribution < -0.4 is 20.5 Å². The van der Waals surface area contributed by atoms with Crippen LogP contribution in [0.4, 0.5) is 0 Å². The number of nitrogens with zero attached hydrogens (tertiary/aromatic N) is 2. The topological polar surface area (TPSA) is 121 Å². The van der Waals surface area contributed by atoms with E-state index < -0.39 is 0 Å². The highest BCUT2D eigenvalue weighted by molar-refractivity contribution is 5.77. The lowest BCUT2D eigenvalue weighted by molar-refractivity contribution is -0.121. The maximum atomic E-state index is 12.2. The van der Waals surface area contributed by atoms with Crippen LogP contribution in [0, 0.1) is 13.8 Å². The number of aromatic hydroxyl groups is 2. The first-order chi connectivity index (χ1) is 17.6. The number of carbonyl (C=O) groups is 1. The van der Waals surface area contributed by atoms with Crippen molar-refractivity contribution in [3.8, 4) is 23.0 Å². The smallest absolute Gasteiger partial charge is 0.233 e. The van der Waals surface area contributed by atoms with Crippen LogP contribution in [0.25, 0.3) is 0 Å². The third kappa shape index (κ3) is 3.74. The first-order valence-electron chi connectivity index (χ1n) is 12.9. The Balaban J connectivity index is 1.71. The fourth-order valence-corrected chi connectivity index (χ4v) is 7.30. The fourth-order valence-electron chi connectivity index (χ4n) is 7.30. The molecule has 3 aliphatic heterocycles. The Morgan fingerprint density at radius 1 is 1.03 bits per heavy atom. The summed E-state index contributed by atoms with van der Waals surface area (Å²) in [5.41, 5.74) is 11.3. The Hall–Kier alpha value is -3.01. The second-order valence-corrected chi connectivity index (χ2v) is 10.7. The van der Waals surface area contributed by atoms with Gasteiger partial charge in [0, 0.05) is 35.8 Å². The summed E-state index contributed by atoms with van der Waals surface area (Å²) in [6.45, 7) is 6.32. The number of aryl methyl sites for hydroxylation is 2. The highest BCUT2D eigenvalue weighted by Crippen LogP contribution is 2.55. The number of amides is 1. The number of nitrogens with one attached hydrogen (secondary N) is 1. The SMILES string of the molecule is COc1c(C)cc2c(c1O)C1[C@@H]3Cc4cc(C)c(OC)c(O)c4C(CNC(=O)CN)N3[C@@H](C)[C@H](C2)N1C. The largest absolute Gasteiger partial charge is 0.504 e. The van der Waals surface area contributed by atoms with E-state index in [2.05, 4.69) is 41.2 Å². The first kappa shape index (κ1) is 25.6. The summed E-state index contributed by atoms with van der Waals surface area (Å²) in [5.74, 6) is 1.05. The third-order valence-electron chi connectivity index (χ3n) is 8.80. The molecule has 2 bridgehead atoms. The molecule has 2 aromatic rings. The average molecular weight is 511 g/mol. The minimum absolute atomic E-state index is 0.00640. The maximum absolute atomic E-state index is 12.2. The molecule has 3 heterocycles. The summed E-state index contributed by atoms with van der Waals surface area (Å²) in [6, 6.07) is 4.15. The quantitative estimate of drug-likeness (QED) is 0.483. The zero-order valence-corrected chi connectivity index (χ0v) is 22.5. The van der Waals surface area contributed by atoms with Crippen LogP contribution in [0.3, 0.4) is 0 Å². The van der Waals surface area contributed by atoms with Crippen molar-refractivity contribution in [2.24, 2.45) is 5.73 Å². The third-order valence-corrected chi connectivity index (χ3v) is 8.80. The first-order valence-corrected chi connectivity index (χ1v) is 12.9. The highest BCUT2D eigenvalue weighted by Gasteiger charge is 2.54. The van der Waals surface area contributed by atoms with Crippen LogP contribution in [0.2, 0.25) is 0 Å². The monoisotopic (exact) mass is 510 g/mol. The average Bonchev–Trinajstić information content (AvgIpc) is 2.85. The van der Waals surface area contributed by atoms with E-state index in [0.29, 0.717) is 24.5 Å². The Kier molecular flexibility index (Phi) is 6.50. The number of fused-ring (bicyclic) bond motifs is 7. The van der Waals surface area contributed by atoms with Gasteiger partial charge in [-0.25, -0.2) is 0 Å². The van der Waals surface area contributed by atoms with Gasteiger partial charge in [-0.3, -0.25) is 14.6 Å². The van der Waals surface area contributed by atoms with Gasteiger partial charge in [0.25, 0.3) is 0 Å². The second kappa shape index (κ2) is 9.38. The van der Waals surface area contributed by atoms with Crippen LogP contribution in [-0.4, -0.2) is 78.4 Å². The predicted octanol–water partition coefficient (Wildman–Crippen LogP) is 2.07. The van der Waals surface area contributed by atoms with E-state index in [1.807, 2.05) is 13.8 Å². The number of benzene rings is 2. The summed E-state index contributed by atoms with van der Waals surface area (Å²) in [7, 11) is 5.28. The number of likely N-dealkylation sites (N-methyl/N-ethyl adjacent to an activating group) is 1. The number of nitrogens with two attached hydrogens (primary N) is 1. The summed E-state index contributed by atoms with van der Waals surface area (Å²) >= 11 is 0. The van der Waals surface area contributed by atoms with Gasteiger partial charge in [-0.2, -0.15) is 0 Å². The lowest BCUT2D eigenvalue weighted by Crippen LogP contribution is -2.68. The normalized spacial score (nSPS) is 26.6. The van der Waals surface area contributed by atoms with E-state index in [1.54, 1.807) is 14.2 Å². The zero-order valence-electron chi connectivity index (χ0n) is 22.5. The molecule has 9 nitrogen and oxygen atoms in total. The molecule has 1 amide bonds. The predicted molar refractivity (Wildman–Crippen MR) is 140 cm³/mol. The van der Waals surface area contributed by atoms with Gasteiger partial charge in [0.2, 0.25) is 5.91 Å². The number of phenols is 2. The summed E-state index contributed by atoms with van der Waals surface area (Å²) in [5, 5.41) is 25.8. The standard InChI is InChI=1S/C28H38N4O5/c1-13-7-16-10-19-24-23-17(8-14(2)28(37-6)26(23)35)9-18(31(24)4)15(3)32(19)20(12-30-21(33)11-29)22(16)25(34)27(13)36-5/h7-8,15,18-20,24,34-35H,9-12,29H2,1-6H3,(H,30,33)/t15-,18-,19-,20?,24?/m0/s1. The molecule has 1 saturated heterocycles. The van der Waals surface area contributed by atoms with Crippen LogP contribution in [-0.2, 0) is 17.6 Å². The van der Waals surface area contributed by atoms with Crippen molar-refractivity contribution >= 4 is 5.91 Å². The molecule has 0 spiro atoms. The van der Waals surface area contributed by atoms with Crippen LogP contribution in [0.1, 0.15) is 52.4 Å². The van der Waals surface area contributed by atoms with Crippen molar-refractivity contribution in [2.75, 3.05) is 34.4 Å². The van der Waals surface area contributed by atoms with Crippen molar-refractivity contribution < 1.29 is 24.5 Å². The Morgan fingerprint density at radius 2 is 1.57 bits per heavy atom. The van der Waals surface area contributed by atoms with E-state index in [-0.39, 0.29) is 54.2 Å². The molecule has 0 aromatic heterocycles. The lowest BCUT2D eigenvalue weighted by atomic mass is 9.72. The summed E-state index contributed by atoms with van der Waals surface area (Å²) < 4.78 is 11.2. The number of carbonyl (C=O) groups excluding carboxylic acids is 1. The molecule has 0 saturated carbocycles. The molecule has 2 aromatic carbocycles. The van der Waals surface area contributed by atoms with E-state index >= 15 is 0 Å². The number of piperazine rings is 1. The van der Waals surface area contributed by atoms with Gasteiger partial charge in [-0.1, -0.05) is 12.1 Å². The van der Waals surface area contributed by atoms with Gasteiger partial charge in [0.1, 0.15) is 0 Å². The number of hydrogen-bond acceptors (Lipinski definition) is 8. The van der Waals surface area contributed by atoms with Gasteiger partial charge in [0.05, 0.1) is 32.8 Å². The summed E-state index contributed by atoms with van der Waals surface area (Å²) in [6.07, 6.45) is 1.46. The van der Waals surface area contributed by atoms with Gasteiger partial charge < -0.3 is 30.7 Å². The van der Waals surface area contributed by atoms with Crippen molar-refractivity contribution in [1.82, 2.24) is 15.1 Å². The Bertz CT molecular complexity index is 1250. The minimum atomic E-state index is -0.288. The van der Waals surface area contributed by atoms with E-state index in [4.69, 9.17) is 15.2 Å². The molecule has 0 aliphatic carbocycles. The van der Waals surface area contributed by atoms with E-state index in [9.17, 15) is 15.0 Å². The Labute approximate surface area is 218 Å². The molecule has 37 heavy (non-hydrogen) atoms. The molecule has 0 radical (unpaired) electrons. The molecular weight excluding hydrogens is 472 g/mol. The van der Waals surface area contributed by atoms with Gasteiger partial charge >= 0.3 is 0 Å². The van der Waals surface area contributed by atoms with E-state index in [1.165, 1.54) is 0 Å². The van der Waals surface area contributed by atoms with Gasteiger partial charge in [0.15, 0.2) is 23.0 Å². The van der Waals surface area contributed by atoms with Crippen molar-refractivity contribution in [1.29, 1.82) is 0 Å². The molecule has 3 aliphatic rings. The van der Waals surface area contributed by atoms with Crippen LogP contribution in [0.15, 0.2) is 12.1 Å². The molecule has 2 unspecified atom stereocenters. The van der Waals surface area contributed by atoms with Crippen molar-refractivity contribution in [3.05, 3.63) is 45.5 Å². The molecule has 5 N–H and O–H groups in total. The molecule has 200 valence electrons. The number of ether oxygens (including phenoxy) is 2. The van der Waals surface area contributed by atoms with Crippen LogP contribution in [0.5, 0.6) is 23.0 Å². The molecule has 9 heteroatoms. The zero-order chi connectivity index (χ0) is 26.8. The van der Waals surface area contributed by atoms with E-state index in [0.717, 1.165) is 39.8 Å². The molecule has 1 fully saturated rings. The van der Waals surface area contributed by atoms with Gasteiger partial charge in [-0.05, 0) is 62.9 Å². The maximum Gasteiger partial charge on any atom is 0.233 e. The summed E-state index contributed by atoms with van der Waals surface area (Å²) in [4.78, 5) is 17.0. The lowest BCUT2D eigenvalue weighted by Gasteiger charge is -2.61. The van der Waals surface area contributed by atoms with Crippen molar-refractivity contribution in [3.63, 3.8) is 0 Å². The number of rotatable bonds is 5. The molecular formula is C28H38N4O5. The molecule has 5 rings (SSSR count). The molecule has 5 atom stereocenters. The minimum Gasteiger partial charge on any atom is -0.504 e. The number of methoxy groups -OCH3 is 2. The number of phenolic OH excluding ortho intramolecular Hbond substituents is 2. The van der Waals surface area contributed by atoms with Gasteiger partial charge in [-0.15, -0.1) is 0 Å². The van der Waals surface area contributed by atoms with Crippen molar-refractivity contribution in [2.45, 2.75) is 63.8 Å². The number of hydrogen-bond donors (Lipinski definition) is 4.